The second-order valence-corrected chi connectivity index (χ2v) is 4.87. The summed E-state index contributed by atoms with van der Waals surface area (Å²) in [6, 6.07) is 8.20. The van der Waals surface area contributed by atoms with Gasteiger partial charge in [0.25, 0.3) is 0 Å². The van der Waals surface area contributed by atoms with Crippen LogP contribution in [0, 0.1) is 0 Å². The van der Waals surface area contributed by atoms with E-state index in [4.69, 9.17) is 9.47 Å². The van der Waals surface area contributed by atoms with Crippen molar-refractivity contribution in [2.75, 3.05) is 12.4 Å². The van der Waals surface area contributed by atoms with Crippen LogP contribution < -0.4 is 14.8 Å². The second kappa shape index (κ2) is 5.36. The van der Waals surface area contributed by atoms with Crippen molar-refractivity contribution in [2.45, 2.75) is 25.8 Å². The van der Waals surface area contributed by atoms with Gasteiger partial charge in [0.1, 0.15) is 12.1 Å². The maximum atomic E-state index is 5.88. The molecule has 0 fully saturated rings. The first-order chi connectivity index (χ1) is 9.76. The Morgan fingerprint density at radius 1 is 1.25 bits per heavy atom. The lowest BCUT2D eigenvalue weighted by molar-refractivity contribution is 0.387. The number of nitrogens with zero attached hydrogens (tertiary/aromatic N) is 2. The van der Waals surface area contributed by atoms with Gasteiger partial charge in [-0.05, 0) is 31.9 Å². The van der Waals surface area contributed by atoms with E-state index in [9.17, 15) is 0 Å². The second-order valence-electron chi connectivity index (χ2n) is 4.87. The molecule has 1 aliphatic heterocycles. The lowest BCUT2D eigenvalue weighted by atomic mass is 9.98. The fraction of sp³-hybridized carbons (Fsp3) is 0.333. The molecule has 0 radical (unpaired) electrons. The number of benzene rings is 1. The van der Waals surface area contributed by atoms with E-state index in [1.807, 2.05) is 12.1 Å². The van der Waals surface area contributed by atoms with Crippen molar-refractivity contribution in [2.24, 2.45) is 0 Å². The van der Waals surface area contributed by atoms with Gasteiger partial charge in [-0.3, -0.25) is 0 Å². The van der Waals surface area contributed by atoms with E-state index in [0.29, 0.717) is 17.8 Å². The normalized spacial score (nSPS) is 17.0. The average molecular weight is 271 g/mol. The molecule has 0 bridgehead atoms. The smallest absolute Gasteiger partial charge is 0.226 e. The SMILES string of the molecule is COc1cc(Oc2cccc3c2CCC(C)N3)ncn1. The van der Waals surface area contributed by atoms with Gasteiger partial charge in [0.2, 0.25) is 11.8 Å². The summed E-state index contributed by atoms with van der Waals surface area (Å²) in [5.41, 5.74) is 2.34. The zero-order valence-electron chi connectivity index (χ0n) is 11.6. The largest absolute Gasteiger partial charge is 0.481 e. The third-order valence-corrected chi connectivity index (χ3v) is 3.40. The number of fused-ring (bicyclic) bond motifs is 1. The van der Waals surface area contributed by atoms with Crippen molar-refractivity contribution in [1.82, 2.24) is 9.97 Å². The molecule has 3 rings (SSSR count). The standard InChI is InChI=1S/C15H17N3O2/c1-10-6-7-11-12(18-10)4-3-5-13(11)20-15-8-14(19-2)16-9-17-15/h3-5,8-10,18H,6-7H2,1-2H3. The number of anilines is 1. The topological polar surface area (TPSA) is 56.3 Å². The molecule has 1 aromatic heterocycles. The van der Waals surface area contributed by atoms with E-state index >= 15 is 0 Å². The summed E-state index contributed by atoms with van der Waals surface area (Å²) in [5, 5.41) is 3.47. The van der Waals surface area contributed by atoms with Gasteiger partial charge >= 0.3 is 0 Å². The predicted molar refractivity (Wildman–Crippen MR) is 76.5 cm³/mol. The minimum absolute atomic E-state index is 0.490. The van der Waals surface area contributed by atoms with E-state index in [2.05, 4.69) is 28.3 Å². The fourth-order valence-corrected chi connectivity index (χ4v) is 2.36. The van der Waals surface area contributed by atoms with Crippen LogP contribution in [0.3, 0.4) is 0 Å². The molecule has 0 spiro atoms. The van der Waals surface area contributed by atoms with E-state index in [-0.39, 0.29) is 0 Å². The Hall–Kier alpha value is -2.30. The molecule has 5 nitrogen and oxygen atoms in total. The number of ether oxygens (including phenoxy) is 2. The van der Waals surface area contributed by atoms with Crippen LogP contribution in [0.5, 0.6) is 17.5 Å². The van der Waals surface area contributed by atoms with Gasteiger partial charge in [-0.2, -0.15) is 0 Å². The summed E-state index contributed by atoms with van der Waals surface area (Å²) < 4.78 is 11.0. The highest BCUT2D eigenvalue weighted by molar-refractivity contribution is 5.60. The van der Waals surface area contributed by atoms with Crippen molar-refractivity contribution in [3.63, 3.8) is 0 Å². The molecule has 1 unspecified atom stereocenters. The first-order valence-electron chi connectivity index (χ1n) is 6.68. The van der Waals surface area contributed by atoms with Gasteiger partial charge in [0.05, 0.1) is 13.2 Å². The van der Waals surface area contributed by atoms with E-state index in [0.717, 1.165) is 24.3 Å². The molecule has 0 aliphatic carbocycles. The molecule has 0 saturated heterocycles. The maximum Gasteiger partial charge on any atom is 0.226 e. The van der Waals surface area contributed by atoms with Crippen LogP contribution >= 0.6 is 0 Å². The lowest BCUT2D eigenvalue weighted by Gasteiger charge is -2.25. The molecule has 2 heterocycles. The van der Waals surface area contributed by atoms with Crippen LogP contribution in [0.2, 0.25) is 0 Å². The molecular weight excluding hydrogens is 254 g/mol. The highest BCUT2D eigenvalue weighted by Crippen LogP contribution is 2.34. The number of methoxy groups -OCH3 is 1. The first kappa shape index (κ1) is 12.7. The minimum Gasteiger partial charge on any atom is -0.481 e. The summed E-state index contributed by atoms with van der Waals surface area (Å²) in [6.07, 6.45) is 3.53. The van der Waals surface area contributed by atoms with E-state index in [1.165, 1.54) is 11.9 Å². The van der Waals surface area contributed by atoms with Crippen LogP contribution in [-0.4, -0.2) is 23.1 Å². The Bertz CT molecular complexity index is 616. The van der Waals surface area contributed by atoms with Gasteiger partial charge in [-0.15, -0.1) is 0 Å². The summed E-state index contributed by atoms with van der Waals surface area (Å²) in [6.45, 7) is 2.19. The molecule has 0 saturated carbocycles. The predicted octanol–water partition coefficient (Wildman–Crippen LogP) is 3.02. The highest BCUT2D eigenvalue weighted by atomic mass is 16.5. The van der Waals surface area contributed by atoms with Gasteiger partial charge in [-0.1, -0.05) is 6.07 Å². The van der Waals surface area contributed by atoms with Crippen LogP contribution in [0.25, 0.3) is 0 Å². The summed E-state index contributed by atoms with van der Waals surface area (Å²) >= 11 is 0. The number of aromatic nitrogens is 2. The number of hydrogen-bond donors (Lipinski definition) is 1. The molecule has 1 aromatic carbocycles. The Labute approximate surface area is 118 Å². The summed E-state index contributed by atoms with van der Waals surface area (Å²) in [5.74, 6) is 1.82. The fourth-order valence-electron chi connectivity index (χ4n) is 2.36. The molecule has 2 aromatic rings. The third-order valence-electron chi connectivity index (χ3n) is 3.40. The van der Waals surface area contributed by atoms with Crippen molar-refractivity contribution >= 4 is 5.69 Å². The molecule has 1 aliphatic rings. The Kier molecular flexibility index (Phi) is 3.41. The summed E-state index contributed by atoms with van der Waals surface area (Å²) in [7, 11) is 1.57. The summed E-state index contributed by atoms with van der Waals surface area (Å²) in [4.78, 5) is 8.08. The highest BCUT2D eigenvalue weighted by Gasteiger charge is 2.18. The van der Waals surface area contributed by atoms with Crippen molar-refractivity contribution in [3.8, 4) is 17.5 Å². The van der Waals surface area contributed by atoms with Crippen molar-refractivity contribution in [3.05, 3.63) is 36.2 Å². The lowest BCUT2D eigenvalue weighted by Crippen LogP contribution is -2.22. The average Bonchev–Trinajstić information content (AvgIpc) is 2.47. The Balaban J connectivity index is 1.89. The molecule has 1 atom stereocenters. The van der Waals surface area contributed by atoms with Crippen molar-refractivity contribution in [1.29, 1.82) is 0 Å². The van der Waals surface area contributed by atoms with Crippen LogP contribution in [-0.2, 0) is 6.42 Å². The number of rotatable bonds is 3. The van der Waals surface area contributed by atoms with Gasteiger partial charge < -0.3 is 14.8 Å². The van der Waals surface area contributed by atoms with Crippen LogP contribution in [0.4, 0.5) is 5.69 Å². The molecule has 20 heavy (non-hydrogen) atoms. The van der Waals surface area contributed by atoms with Gasteiger partial charge in [0.15, 0.2) is 0 Å². The molecule has 5 heteroatoms. The monoisotopic (exact) mass is 271 g/mol. The first-order valence-corrected chi connectivity index (χ1v) is 6.68. The molecular formula is C15H17N3O2. The zero-order chi connectivity index (χ0) is 13.9. The van der Waals surface area contributed by atoms with Crippen LogP contribution in [0.15, 0.2) is 30.6 Å². The van der Waals surface area contributed by atoms with E-state index in [1.54, 1.807) is 13.2 Å². The van der Waals surface area contributed by atoms with Gasteiger partial charge in [0, 0.05) is 17.3 Å². The molecule has 0 amide bonds. The number of hydrogen-bond acceptors (Lipinski definition) is 5. The molecule has 1 N–H and O–H groups in total. The zero-order valence-corrected chi connectivity index (χ0v) is 11.6. The Morgan fingerprint density at radius 3 is 2.95 bits per heavy atom. The van der Waals surface area contributed by atoms with Gasteiger partial charge in [-0.25, -0.2) is 9.97 Å². The molecule has 104 valence electrons. The maximum absolute atomic E-state index is 5.88. The van der Waals surface area contributed by atoms with E-state index < -0.39 is 0 Å². The van der Waals surface area contributed by atoms with Crippen molar-refractivity contribution < 1.29 is 9.47 Å². The van der Waals surface area contributed by atoms with Crippen LogP contribution in [0.1, 0.15) is 18.9 Å². The quantitative estimate of drug-likeness (QED) is 0.930. The minimum atomic E-state index is 0.490. The third kappa shape index (κ3) is 2.52. The Morgan fingerprint density at radius 2 is 2.10 bits per heavy atom. The number of nitrogens with one attached hydrogen (secondary N) is 1.